The minimum absolute atomic E-state index is 0.280. The van der Waals surface area contributed by atoms with Crippen molar-refractivity contribution in [1.29, 1.82) is 0 Å². The highest BCUT2D eigenvalue weighted by Gasteiger charge is 2.13. The Bertz CT molecular complexity index is 923. The zero-order valence-corrected chi connectivity index (χ0v) is 18.1. The molecule has 0 atom stereocenters. The van der Waals surface area contributed by atoms with Gasteiger partial charge in [-0.15, -0.1) is 0 Å². The second-order valence-corrected chi connectivity index (χ2v) is 7.55. The van der Waals surface area contributed by atoms with Gasteiger partial charge in [-0.05, 0) is 64.9 Å². The lowest BCUT2D eigenvalue weighted by atomic mass is 9.88. The lowest BCUT2D eigenvalue weighted by molar-refractivity contribution is 0.305. The number of phenols is 1. The van der Waals surface area contributed by atoms with Crippen LogP contribution in [-0.2, 0) is 0 Å². The summed E-state index contributed by atoms with van der Waals surface area (Å²) in [6.45, 7) is 5.18. The molecule has 3 rings (SSSR count). The first-order chi connectivity index (χ1) is 14.7. The first-order valence-corrected chi connectivity index (χ1v) is 11.0. The van der Waals surface area contributed by atoms with Gasteiger partial charge in [0.1, 0.15) is 11.5 Å². The summed E-state index contributed by atoms with van der Waals surface area (Å²) in [5, 5.41) is 9.76. The molecular weight excluding hydrogens is 368 g/mol. The maximum absolute atomic E-state index is 9.76. The standard InChI is InChI=1S/C28H32O2/c1-3-5-6-10-21-30-26-19-15-24(16-20-26)28(23-13-17-25(29)18-14-23)27(4-2)22-11-8-7-9-12-22/h7-9,11-20,29H,3-6,10,21H2,1-2H3/b28-27-. The summed E-state index contributed by atoms with van der Waals surface area (Å²) in [7, 11) is 0. The van der Waals surface area contributed by atoms with E-state index in [4.69, 9.17) is 4.74 Å². The minimum atomic E-state index is 0.280. The number of rotatable bonds is 10. The largest absolute Gasteiger partial charge is 0.508 e. The van der Waals surface area contributed by atoms with Gasteiger partial charge in [-0.1, -0.05) is 87.7 Å². The Morgan fingerprint density at radius 1 is 0.700 bits per heavy atom. The average Bonchev–Trinajstić information content (AvgIpc) is 2.79. The fourth-order valence-corrected chi connectivity index (χ4v) is 3.74. The summed E-state index contributed by atoms with van der Waals surface area (Å²) in [6.07, 6.45) is 5.74. The number of phenolic OH excluding ortho intramolecular Hbond substituents is 1. The smallest absolute Gasteiger partial charge is 0.119 e. The van der Waals surface area contributed by atoms with E-state index in [1.165, 1.54) is 36.0 Å². The number of unbranched alkanes of at least 4 members (excludes halogenated alkanes) is 3. The molecule has 30 heavy (non-hydrogen) atoms. The van der Waals surface area contributed by atoms with Crippen LogP contribution in [0.25, 0.3) is 11.1 Å². The third kappa shape index (κ3) is 5.76. The zero-order valence-electron chi connectivity index (χ0n) is 18.1. The number of hydrogen-bond acceptors (Lipinski definition) is 2. The van der Waals surface area contributed by atoms with Gasteiger partial charge < -0.3 is 9.84 Å². The van der Waals surface area contributed by atoms with Crippen LogP contribution in [0.3, 0.4) is 0 Å². The van der Waals surface area contributed by atoms with Gasteiger partial charge in [0.25, 0.3) is 0 Å². The SMILES string of the molecule is CCCCCCOc1ccc(/C(=C(/CC)c2ccccc2)c2ccc(O)cc2)cc1. The fourth-order valence-electron chi connectivity index (χ4n) is 3.74. The maximum Gasteiger partial charge on any atom is 0.119 e. The molecule has 1 N–H and O–H groups in total. The lowest BCUT2D eigenvalue weighted by Crippen LogP contribution is -1.98. The Morgan fingerprint density at radius 2 is 1.33 bits per heavy atom. The molecule has 0 spiro atoms. The van der Waals surface area contributed by atoms with Crippen LogP contribution >= 0.6 is 0 Å². The zero-order chi connectivity index (χ0) is 21.2. The topological polar surface area (TPSA) is 29.5 Å². The molecule has 0 radical (unpaired) electrons. The Labute approximate surface area is 180 Å². The molecule has 3 aromatic carbocycles. The van der Waals surface area contributed by atoms with E-state index < -0.39 is 0 Å². The van der Waals surface area contributed by atoms with Crippen LogP contribution in [0.2, 0.25) is 0 Å². The third-order valence-corrected chi connectivity index (χ3v) is 5.34. The average molecular weight is 401 g/mol. The van der Waals surface area contributed by atoms with Crippen molar-refractivity contribution < 1.29 is 9.84 Å². The first kappa shape index (κ1) is 21.7. The van der Waals surface area contributed by atoms with Crippen LogP contribution in [0.15, 0.2) is 78.9 Å². The van der Waals surface area contributed by atoms with Crippen LogP contribution in [0.1, 0.15) is 62.6 Å². The predicted octanol–water partition coefficient (Wildman–Crippen LogP) is 7.72. The molecule has 0 saturated carbocycles. The molecule has 3 aromatic rings. The van der Waals surface area contributed by atoms with Crippen LogP contribution in [0.5, 0.6) is 11.5 Å². The quantitative estimate of drug-likeness (QED) is 0.279. The van der Waals surface area contributed by atoms with E-state index in [9.17, 15) is 5.11 Å². The van der Waals surface area contributed by atoms with Crippen molar-refractivity contribution in [2.24, 2.45) is 0 Å². The van der Waals surface area contributed by atoms with E-state index in [1.807, 2.05) is 18.2 Å². The van der Waals surface area contributed by atoms with Crippen LogP contribution < -0.4 is 4.74 Å². The highest BCUT2D eigenvalue weighted by molar-refractivity contribution is 5.98. The summed E-state index contributed by atoms with van der Waals surface area (Å²) in [4.78, 5) is 0. The van der Waals surface area contributed by atoms with Gasteiger partial charge in [-0.2, -0.15) is 0 Å². The van der Waals surface area contributed by atoms with Gasteiger partial charge in [-0.3, -0.25) is 0 Å². The first-order valence-electron chi connectivity index (χ1n) is 11.0. The molecule has 0 aromatic heterocycles. The Kier molecular flexibility index (Phi) is 8.14. The molecule has 0 aliphatic carbocycles. The van der Waals surface area contributed by atoms with Crippen LogP contribution in [-0.4, -0.2) is 11.7 Å². The van der Waals surface area contributed by atoms with E-state index in [-0.39, 0.29) is 5.75 Å². The van der Waals surface area contributed by atoms with E-state index >= 15 is 0 Å². The highest BCUT2D eigenvalue weighted by Crippen LogP contribution is 2.35. The second kappa shape index (κ2) is 11.3. The number of hydrogen-bond donors (Lipinski definition) is 1. The summed E-state index contributed by atoms with van der Waals surface area (Å²) < 4.78 is 5.93. The monoisotopic (exact) mass is 400 g/mol. The molecule has 0 aliphatic rings. The van der Waals surface area contributed by atoms with Crippen molar-refractivity contribution in [3.05, 3.63) is 95.6 Å². The molecule has 2 heteroatoms. The predicted molar refractivity (Wildman–Crippen MR) is 127 cm³/mol. The second-order valence-electron chi connectivity index (χ2n) is 7.55. The summed E-state index contributed by atoms with van der Waals surface area (Å²) in [5.74, 6) is 1.20. The lowest BCUT2D eigenvalue weighted by Gasteiger charge is -2.17. The number of ether oxygens (including phenoxy) is 1. The number of benzene rings is 3. The Balaban J connectivity index is 1.93. The molecule has 0 aliphatic heterocycles. The molecular formula is C28H32O2. The van der Waals surface area contributed by atoms with E-state index in [0.29, 0.717) is 0 Å². The van der Waals surface area contributed by atoms with Crippen molar-refractivity contribution in [2.45, 2.75) is 46.0 Å². The van der Waals surface area contributed by atoms with Crippen molar-refractivity contribution in [1.82, 2.24) is 0 Å². The maximum atomic E-state index is 9.76. The van der Waals surface area contributed by atoms with Crippen LogP contribution in [0.4, 0.5) is 0 Å². The molecule has 0 saturated heterocycles. The van der Waals surface area contributed by atoms with Crippen molar-refractivity contribution >= 4 is 11.1 Å². The van der Waals surface area contributed by atoms with Crippen molar-refractivity contribution in [3.63, 3.8) is 0 Å². The van der Waals surface area contributed by atoms with Crippen molar-refractivity contribution in [2.75, 3.05) is 6.61 Å². The number of aromatic hydroxyl groups is 1. The highest BCUT2D eigenvalue weighted by atomic mass is 16.5. The van der Waals surface area contributed by atoms with Gasteiger partial charge in [0.2, 0.25) is 0 Å². The number of allylic oxidation sites excluding steroid dienone is 1. The van der Waals surface area contributed by atoms with Gasteiger partial charge >= 0.3 is 0 Å². The van der Waals surface area contributed by atoms with Gasteiger partial charge in [0.05, 0.1) is 6.61 Å². The molecule has 156 valence electrons. The summed E-state index contributed by atoms with van der Waals surface area (Å²) >= 11 is 0. The molecule has 0 heterocycles. The molecule has 0 bridgehead atoms. The third-order valence-electron chi connectivity index (χ3n) is 5.34. The normalized spacial score (nSPS) is 11.8. The van der Waals surface area contributed by atoms with E-state index in [2.05, 4.69) is 62.4 Å². The molecule has 2 nitrogen and oxygen atoms in total. The van der Waals surface area contributed by atoms with Crippen molar-refractivity contribution in [3.8, 4) is 11.5 Å². The van der Waals surface area contributed by atoms with Crippen LogP contribution in [0, 0.1) is 0 Å². The van der Waals surface area contributed by atoms with Gasteiger partial charge in [0, 0.05) is 0 Å². The Hall–Kier alpha value is -3.00. The van der Waals surface area contributed by atoms with E-state index in [1.54, 1.807) is 12.1 Å². The van der Waals surface area contributed by atoms with E-state index in [0.717, 1.165) is 36.3 Å². The minimum Gasteiger partial charge on any atom is -0.508 e. The Morgan fingerprint density at radius 3 is 1.93 bits per heavy atom. The summed E-state index contributed by atoms with van der Waals surface area (Å²) in [5.41, 5.74) is 5.95. The summed E-state index contributed by atoms with van der Waals surface area (Å²) in [6, 6.07) is 26.4. The van der Waals surface area contributed by atoms with Gasteiger partial charge in [-0.25, -0.2) is 0 Å². The molecule has 0 fully saturated rings. The fraction of sp³-hybridized carbons (Fsp3) is 0.286. The molecule has 0 amide bonds. The molecule has 0 unspecified atom stereocenters. The van der Waals surface area contributed by atoms with Gasteiger partial charge in [0.15, 0.2) is 0 Å².